The molecule has 1 aliphatic heterocycles. The lowest BCUT2D eigenvalue weighted by Gasteiger charge is -2.43. The predicted molar refractivity (Wildman–Crippen MR) is 192 cm³/mol. The molecule has 54 heavy (non-hydrogen) atoms. The molecule has 1 fully saturated rings. The molecule has 3 rings (SSSR count). The largest absolute Gasteiger partial charge is 0.457 e. The summed E-state index contributed by atoms with van der Waals surface area (Å²) < 4.78 is 51.5. The Kier molecular flexibility index (Phi) is 13.1. The SMILES string of the molecule is CC(C)(C)OC(=O)NCCn1cc(C[C@@H]2[C@H](NC(=O)C(=NOC(C)(C)C(=O)OC(C)(C)C)c3csc(NC(=O)OC(C)(C)C)n3)C(=O)N2S(=O)(=O)O)nn1. The standard InChI is InChI=1S/C31H47N9O12S2/c1-28(2,3)49-24(43)31(10,11)52-37-20(18-16-53-25(33-18)35-27(45)51-30(7,8)9)22(41)34-21-19(40(23(21)42)54(46,47)48)14-17-15-39(38-36-17)13-12-32-26(44)50-29(4,5)6/h15-16,19,21H,12-14H2,1-11H3,(H,32,44)(H,34,41)(H,33,35,45)(H,46,47,48)/t19-,21+/m1/s1. The average molecular weight is 802 g/mol. The van der Waals surface area contributed by atoms with Gasteiger partial charge in [0.1, 0.15) is 28.5 Å². The summed E-state index contributed by atoms with van der Waals surface area (Å²) >= 11 is 0.888. The number of alkyl carbamates (subject to hydrolysis) is 1. The third-order valence-corrected chi connectivity index (χ3v) is 8.25. The molecule has 23 heteroatoms. The molecular weight excluding hydrogens is 755 g/mol. The highest BCUT2D eigenvalue weighted by Crippen LogP contribution is 2.27. The number of carbonyl (C=O) groups excluding carboxylic acids is 5. The summed E-state index contributed by atoms with van der Waals surface area (Å²) in [5, 5.41) is 20.5. The van der Waals surface area contributed by atoms with Crippen molar-refractivity contribution in [1.29, 1.82) is 0 Å². The van der Waals surface area contributed by atoms with Gasteiger partial charge in [-0.1, -0.05) is 10.4 Å². The first-order valence-electron chi connectivity index (χ1n) is 16.5. The number of nitrogens with one attached hydrogen (secondary N) is 3. The van der Waals surface area contributed by atoms with E-state index in [-0.39, 0.29) is 40.3 Å². The highest BCUT2D eigenvalue weighted by Gasteiger charge is 2.54. The van der Waals surface area contributed by atoms with E-state index < -0.39 is 80.5 Å². The lowest BCUT2D eigenvalue weighted by atomic mass is 9.94. The maximum absolute atomic E-state index is 13.8. The first kappa shape index (κ1) is 43.5. The van der Waals surface area contributed by atoms with Gasteiger partial charge in [0.05, 0.1) is 18.3 Å². The first-order chi connectivity index (χ1) is 24.5. The molecule has 0 radical (unpaired) electrons. The van der Waals surface area contributed by atoms with Crippen LogP contribution in [0.5, 0.6) is 0 Å². The van der Waals surface area contributed by atoms with E-state index in [4.69, 9.17) is 19.0 Å². The zero-order valence-corrected chi connectivity index (χ0v) is 33.5. The van der Waals surface area contributed by atoms with E-state index in [9.17, 15) is 36.9 Å². The van der Waals surface area contributed by atoms with Crippen molar-refractivity contribution in [2.75, 3.05) is 11.9 Å². The van der Waals surface area contributed by atoms with E-state index in [1.807, 2.05) is 0 Å². The summed E-state index contributed by atoms with van der Waals surface area (Å²) in [6.45, 7) is 18.0. The van der Waals surface area contributed by atoms with Crippen molar-refractivity contribution in [3.63, 3.8) is 0 Å². The quantitative estimate of drug-likeness (QED) is 0.0565. The second-order valence-electron chi connectivity index (χ2n) is 15.4. The van der Waals surface area contributed by atoms with Gasteiger partial charge in [-0.3, -0.25) is 24.1 Å². The van der Waals surface area contributed by atoms with Crippen molar-refractivity contribution in [3.05, 3.63) is 23.0 Å². The van der Waals surface area contributed by atoms with Gasteiger partial charge in [0.15, 0.2) is 10.8 Å². The van der Waals surface area contributed by atoms with Crippen LogP contribution in [0.4, 0.5) is 14.7 Å². The summed E-state index contributed by atoms with van der Waals surface area (Å²) in [5.74, 6) is -3.10. The number of ether oxygens (including phenoxy) is 3. The Hall–Kier alpha value is -4.90. The van der Waals surface area contributed by atoms with E-state index in [0.717, 1.165) is 11.3 Å². The van der Waals surface area contributed by atoms with Crippen molar-refractivity contribution >= 4 is 62.5 Å². The number of thiazole rings is 1. The van der Waals surface area contributed by atoms with Crippen LogP contribution in [-0.2, 0) is 56.7 Å². The molecule has 2 aromatic heterocycles. The van der Waals surface area contributed by atoms with Crippen LogP contribution in [0.15, 0.2) is 16.7 Å². The lowest BCUT2D eigenvalue weighted by molar-refractivity contribution is -0.179. The third-order valence-electron chi connectivity index (χ3n) is 6.54. The molecule has 2 atom stereocenters. The first-order valence-corrected chi connectivity index (χ1v) is 18.8. The Bertz CT molecular complexity index is 1870. The number of esters is 1. The summed E-state index contributed by atoms with van der Waals surface area (Å²) in [6, 6.07) is -2.91. The summed E-state index contributed by atoms with van der Waals surface area (Å²) in [6.07, 6.45) is -0.356. The van der Waals surface area contributed by atoms with Crippen LogP contribution < -0.4 is 16.0 Å². The number of aromatic nitrogens is 4. The van der Waals surface area contributed by atoms with Crippen molar-refractivity contribution in [3.8, 4) is 0 Å². The molecule has 0 saturated carbocycles. The van der Waals surface area contributed by atoms with Gasteiger partial charge in [-0.2, -0.15) is 8.42 Å². The molecule has 0 bridgehead atoms. The van der Waals surface area contributed by atoms with E-state index in [1.54, 1.807) is 62.3 Å². The van der Waals surface area contributed by atoms with Gasteiger partial charge in [0, 0.05) is 24.5 Å². The fourth-order valence-corrected chi connectivity index (χ4v) is 5.91. The fraction of sp³-hybridized carbons (Fsp3) is 0.645. The van der Waals surface area contributed by atoms with Crippen LogP contribution in [0.2, 0.25) is 0 Å². The molecule has 300 valence electrons. The van der Waals surface area contributed by atoms with Crippen molar-refractivity contribution in [2.24, 2.45) is 5.16 Å². The molecule has 4 N–H and O–H groups in total. The number of nitrogens with zero attached hydrogens (tertiary/aromatic N) is 6. The molecule has 21 nitrogen and oxygen atoms in total. The monoisotopic (exact) mass is 801 g/mol. The maximum atomic E-state index is 13.8. The Morgan fingerprint density at radius 3 is 2.11 bits per heavy atom. The van der Waals surface area contributed by atoms with Crippen molar-refractivity contribution < 1.29 is 56.0 Å². The third kappa shape index (κ3) is 12.9. The molecule has 4 amide bonds. The number of hydrogen-bond acceptors (Lipinski definition) is 16. The molecule has 2 aromatic rings. The molecule has 0 aromatic carbocycles. The Morgan fingerprint density at radius 1 is 0.944 bits per heavy atom. The average Bonchev–Trinajstić information content (AvgIpc) is 3.61. The predicted octanol–water partition coefficient (Wildman–Crippen LogP) is 2.19. The van der Waals surface area contributed by atoms with Crippen LogP contribution in [0, 0.1) is 0 Å². The van der Waals surface area contributed by atoms with Gasteiger partial charge in [-0.15, -0.1) is 16.4 Å². The zero-order chi connectivity index (χ0) is 41.0. The van der Waals surface area contributed by atoms with Crippen LogP contribution in [0.3, 0.4) is 0 Å². The summed E-state index contributed by atoms with van der Waals surface area (Å²) in [7, 11) is -5.09. The Morgan fingerprint density at radius 2 is 1.54 bits per heavy atom. The molecule has 1 saturated heterocycles. The number of carbonyl (C=O) groups is 5. The number of oxime groups is 1. The lowest BCUT2D eigenvalue weighted by Crippen LogP contribution is -2.73. The van der Waals surface area contributed by atoms with Gasteiger partial charge in [0.25, 0.3) is 11.8 Å². The second kappa shape index (κ2) is 16.2. The molecular formula is C31H47N9O12S2. The summed E-state index contributed by atoms with van der Waals surface area (Å²) in [4.78, 5) is 73.7. The van der Waals surface area contributed by atoms with Crippen LogP contribution in [-0.4, -0.2) is 114 Å². The molecule has 0 spiro atoms. The van der Waals surface area contributed by atoms with Crippen LogP contribution >= 0.6 is 11.3 Å². The number of hydrogen-bond donors (Lipinski definition) is 4. The Balaban J connectivity index is 1.86. The van der Waals surface area contributed by atoms with Crippen LogP contribution in [0.1, 0.15) is 87.5 Å². The van der Waals surface area contributed by atoms with E-state index >= 15 is 0 Å². The fourth-order valence-electron chi connectivity index (χ4n) is 4.35. The second-order valence-corrected chi connectivity index (χ2v) is 17.6. The Labute approximate surface area is 316 Å². The topological polar surface area (TPSA) is 272 Å². The minimum absolute atomic E-state index is 0.00863. The van der Waals surface area contributed by atoms with Crippen molar-refractivity contribution in [2.45, 2.75) is 124 Å². The zero-order valence-electron chi connectivity index (χ0n) is 31.9. The van der Waals surface area contributed by atoms with Crippen LogP contribution in [0.25, 0.3) is 0 Å². The minimum atomic E-state index is -5.09. The molecule has 0 unspecified atom stereocenters. The van der Waals surface area contributed by atoms with Crippen molar-refractivity contribution in [1.82, 2.24) is 34.9 Å². The van der Waals surface area contributed by atoms with Gasteiger partial charge in [-0.25, -0.2) is 23.7 Å². The molecule has 1 aliphatic rings. The van der Waals surface area contributed by atoms with Gasteiger partial charge < -0.3 is 29.7 Å². The number of anilines is 1. The highest BCUT2D eigenvalue weighted by atomic mass is 32.2. The smallest absolute Gasteiger partial charge is 0.413 e. The maximum Gasteiger partial charge on any atom is 0.413 e. The van der Waals surface area contributed by atoms with Gasteiger partial charge in [0.2, 0.25) is 5.60 Å². The number of rotatable bonds is 13. The normalized spacial score (nSPS) is 16.9. The molecule has 3 heterocycles. The number of amides is 4. The van der Waals surface area contributed by atoms with E-state index in [0.29, 0.717) is 0 Å². The number of β-lactam (4-membered cyclic amide) rings is 1. The van der Waals surface area contributed by atoms with Gasteiger partial charge in [-0.05, 0) is 76.2 Å². The van der Waals surface area contributed by atoms with E-state index in [1.165, 1.54) is 30.1 Å². The summed E-state index contributed by atoms with van der Waals surface area (Å²) in [5.41, 5.74) is -4.72. The minimum Gasteiger partial charge on any atom is -0.457 e. The highest BCUT2D eigenvalue weighted by molar-refractivity contribution is 7.84. The van der Waals surface area contributed by atoms with Gasteiger partial charge >= 0.3 is 28.5 Å². The van der Waals surface area contributed by atoms with E-state index in [2.05, 4.69) is 36.4 Å². The molecule has 0 aliphatic carbocycles.